The number of fused-ring (bicyclic) bond motifs is 1. The van der Waals surface area contributed by atoms with Crippen molar-refractivity contribution in [2.75, 3.05) is 13.2 Å². The van der Waals surface area contributed by atoms with Crippen LogP contribution in [0.3, 0.4) is 0 Å². The Labute approximate surface area is 124 Å². The average molecular weight is 304 g/mol. The topological polar surface area (TPSA) is 95.2 Å². The molecule has 2 heterocycles. The number of phenols is 1. The van der Waals surface area contributed by atoms with Gasteiger partial charge in [-0.3, -0.25) is 0 Å². The molecule has 22 heavy (non-hydrogen) atoms. The Morgan fingerprint density at radius 3 is 2.91 bits per heavy atom. The number of phenolic OH excluding ortho intramolecular Hbond substituents is 1. The Morgan fingerprint density at radius 2 is 2.14 bits per heavy atom. The number of hydrogen-bond acceptors (Lipinski definition) is 7. The Morgan fingerprint density at radius 1 is 1.27 bits per heavy atom. The molecule has 0 radical (unpaired) electrons. The van der Waals surface area contributed by atoms with Gasteiger partial charge in [0, 0.05) is 23.1 Å². The molecule has 0 atom stereocenters. The van der Waals surface area contributed by atoms with Gasteiger partial charge in [-0.25, -0.2) is 9.59 Å². The van der Waals surface area contributed by atoms with Gasteiger partial charge in [0.15, 0.2) is 0 Å². The Bertz CT molecular complexity index is 803. The van der Waals surface area contributed by atoms with Crippen LogP contribution in [0.4, 0.5) is 0 Å². The molecule has 0 amide bonds. The zero-order valence-corrected chi connectivity index (χ0v) is 11.4. The van der Waals surface area contributed by atoms with E-state index in [-0.39, 0.29) is 30.3 Å². The van der Waals surface area contributed by atoms with Crippen LogP contribution in [0, 0.1) is 0 Å². The normalized spacial score (nSPS) is 13.9. The lowest BCUT2D eigenvalue weighted by atomic mass is 10.1. The summed E-state index contributed by atoms with van der Waals surface area (Å²) in [6.07, 6.45) is 1.20. The highest BCUT2D eigenvalue weighted by atomic mass is 16.6. The molecule has 0 fully saturated rings. The van der Waals surface area contributed by atoms with Crippen LogP contribution in [0.25, 0.3) is 11.0 Å². The van der Waals surface area contributed by atoms with E-state index in [0.717, 1.165) is 0 Å². The first-order valence-electron chi connectivity index (χ1n) is 6.51. The highest BCUT2D eigenvalue weighted by Gasteiger charge is 2.17. The number of carbonyl (C=O) groups is 1. The summed E-state index contributed by atoms with van der Waals surface area (Å²) in [6.45, 7) is 0.523. The van der Waals surface area contributed by atoms with Gasteiger partial charge in [-0.15, -0.1) is 0 Å². The predicted octanol–water partition coefficient (Wildman–Crippen LogP) is 1.43. The van der Waals surface area contributed by atoms with Crippen molar-refractivity contribution >= 4 is 16.9 Å². The largest absolute Gasteiger partial charge is 0.508 e. The molecule has 0 bridgehead atoms. The molecule has 0 spiro atoms. The van der Waals surface area contributed by atoms with Gasteiger partial charge in [0.1, 0.15) is 37.4 Å². The quantitative estimate of drug-likeness (QED) is 0.677. The third kappa shape index (κ3) is 2.88. The van der Waals surface area contributed by atoms with E-state index in [9.17, 15) is 14.7 Å². The first-order chi connectivity index (χ1) is 10.6. The maximum absolute atomic E-state index is 11.8. The van der Waals surface area contributed by atoms with Crippen LogP contribution in [-0.2, 0) is 25.6 Å². The highest BCUT2D eigenvalue weighted by molar-refractivity contribution is 5.86. The van der Waals surface area contributed by atoms with Gasteiger partial charge in [-0.05, 0) is 12.1 Å². The molecule has 1 N–H and O–H groups in total. The summed E-state index contributed by atoms with van der Waals surface area (Å²) in [6, 6.07) is 5.59. The number of rotatable bonds is 3. The van der Waals surface area contributed by atoms with Gasteiger partial charge in [-0.1, -0.05) is 0 Å². The second-order valence-electron chi connectivity index (χ2n) is 4.55. The van der Waals surface area contributed by atoms with Gasteiger partial charge in [0.25, 0.3) is 0 Å². The molecule has 3 rings (SSSR count). The van der Waals surface area contributed by atoms with Gasteiger partial charge >= 0.3 is 11.6 Å². The molecular weight excluding hydrogens is 292 g/mol. The summed E-state index contributed by atoms with van der Waals surface area (Å²) in [4.78, 5) is 23.3. The number of aromatic hydroxyl groups is 1. The second-order valence-corrected chi connectivity index (χ2v) is 4.55. The van der Waals surface area contributed by atoms with Crippen LogP contribution >= 0.6 is 0 Å². The first kappa shape index (κ1) is 14.0. The predicted molar refractivity (Wildman–Crippen MR) is 73.9 cm³/mol. The van der Waals surface area contributed by atoms with Crippen molar-refractivity contribution in [3.63, 3.8) is 0 Å². The van der Waals surface area contributed by atoms with Crippen molar-refractivity contribution in [3.8, 4) is 5.75 Å². The van der Waals surface area contributed by atoms with E-state index >= 15 is 0 Å². The van der Waals surface area contributed by atoms with Gasteiger partial charge in [-0.2, -0.15) is 0 Å². The fraction of sp³-hybridized carbons (Fsp3) is 0.200. The Balaban J connectivity index is 1.83. The van der Waals surface area contributed by atoms with Gasteiger partial charge in [0.05, 0.1) is 0 Å². The van der Waals surface area contributed by atoms with Crippen molar-refractivity contribution in [3.05, 3.63) is 52.3 Å². The van der Waals surface area contributed by atoms with E-state index in [1.165, 1.54) is 24.5 Å². The lowest BCUT2D eigenvalue weighted by molar-refractivity contribution is -0.145. The van der Waals surface area contributed by atoms with Crippen molar-refractivity contribution in [2.45, 2.75) is 6.61 Å². The molecule has 7 heteroatoms. The molecular formula is C15H12O7. The summed E-state index contributed by atoms with van der Waals surface area (Å²) in [5, 5.41) is 9.98. The maximum atomic E-state index is 11.8. The average Bonchev–Trinajstić information content (AvgIpc) is 2.52. The van der Waals surface area contributed by atoms with Crippen molar-refractivity contribution < 1.29 is 28.5 Å². The Hall–Kier alpha value is -2.96. The minimum atomic E-state index is -0.681. The standard InChI is InChI=1S/C15H12O7/c16-10-1-2-11-9(5-14(17)22-12(11)6-10)7-21-15(18)13-8-19-3-4-20-13/h1-2,5-6,8,16H,3-4,7H2. The van der Waals surface area contributed by atoms with Crippen molar-refractivity contribution in [1.29, 1.82) is 0 Å². The summed E-state index contributed by atoms with van der Waals surface area (Å²) in [7, 11) is 0. The highest BCUT2D eigenvalue weighted by Crippen LogP contribution is 2.22. The second kappa shape index (κ2) is 5.80. The molecule has 2 aromatic rings. The van der Waals surface area contributed by atoms with Crippen LogP contribution in [-0.4, -0.2) is 24.3 Å². The van der Waals surface area contributed by atoms with Crippen LogP contribution in [0.1, 0.15) is 5.56 Å². The van der Waals surface area contributed by atoms with Gasteiger partial charge in [0.2, 0.25) is 5.76 Å². The lowest BCUT2D eigenvalue weighted by Crippen LogP contribution is -2.17. The maximum Gasteiger partial charge on any atom is 0.377 e. The van der Waals surface area contributed by atoms with Crippen molar-refractivity contribution in [1.82, 2.24) is 0 Å². The molecule has 1 aliphatic rings. The SMILES string of the molecule is O=C(OCc1cc(=O)oc2cc(O)ccc12)C1=COCCO1. The molecule has 1 aromatic heterocycles. The van der Waals surface area contributed by atoms with E-state index in [1.807, 2.05) is 0 Å². The van der Waals surface area contributed by atoms with E-state index in [1.54, 1.807) is 6.07 Å². The molecule has 7 nitrogen and oxygen atoms in total. The molecule has 0 saturated carbocycles. The monoisotopic (exact) mass is 304 g/mol. The molecule has 0 aliphatic carbocycles. The number of esters is 1. The molecule has 0 unspecified atom stereocenters. The van der Waals surface area contributed by atoms with Crippen LogP contribution in [0.5, 0.6) is 5.75 Å². The molecule has 1 aliphatic heterocycles. The lowest BCUT2D eigenvalue weighted by Gasteiger charge is -2.14. The minimum absolute atomic E-state index is 0.0174. The molecule has 1 aromatic carbocycles. The summed E-state index contributed by atoms with van der Waals surface area (Å²) >= 11 is 0. The number of benzene rings is 1. The summed E-state index contributed by atoms with van der Waals surface area (Å²) in [5.74, 6) is -0.723. The Kier molecular flexibility index (Phi) is 3.69. The van der Waals surface area contributed by atoms with Crippen molar-refractivity contribution in [2.24, 2.45) is 0 Å². The zero-order valence-electron chi connectivity index (χ0n) is 11.4. The molecule has 0 saturated heterocycles. The number of ether oxygens (including phenoxy) is 3. The number of carbonyl (C=O) groups excluding carboxylic acids is 1. The zero-order chi connectivity index (χ0) is 15.5. The van der Waals surface area contributed by atoms with Crippen LogP contribution in [0.15, 0.2) is 45.5 Å². The van der Waals surface area contributed by atoms with E-state index in [2.05, 4.69) is 0 Å². The van der Waals surface area contributed by atoms with Gasteiger partial charge < -0.3 is 23.7 Å². The third-order valence-electron chi connectivity index (χ3n) is 3.02. The smallest absolute Gasteiger partial charge is 0.377 e. The number of hydrogen-bond donors (Lipinski definition) is 1. The van der Waals surface area contributed by atoms with E-state index in [4.69, 9.17) is 18.6 Å². The minimum Gasteiger partial charge on any atom is -0.508 e. The fourth-order valence-corrected chi connectivity index (χ4v) is 2.03. The van der Waals surface area contributed by atoms with Crippen LogP contribution in [0.2, 0.25) is 0 Å². The fourth-order valence-electron chi connectivity index (χ4n) is 2.03. The van der Waals surface area contributed by atoms with E-state index < -0.39 is 11.6 Å². The summed E-state index contributed by atoms with van der Waals surface area (Å²) in [5.41, 5.74) is 0.0903. The summed E-state index contributed by atoms with van der Waals surface area (Å²) < 4.78 is 20.2. The first-order valence-corrected chi connectivity index (χ1v) is 6.51. The van der Waals surface area contributed by atoms with Crippen LogP contribution < -0.4 is 5.63 Å². The third-order valence-corrected chi connectivity index (χ3v) is 3.02. The molecule has 114 valence electrons. The van der Waals surface area contributed by atoms with E-state index in [0.29, 0.717) is 17.6 Å².